The minimum atomic E-state index is -0.477. The molecule has 2 nitrogen and oxygen atoms in total. The van der Waals surface area contributed by atoms with Gasteiger partial charge in [0.1, 0.15) is 6.29 Å². The molecule has 0 fully saturated rings. The van der Waals surface area contributed by atoms with E-state index in [1.165, 1.54) is 5.57 Å². The van der Waals surface area contributed by atoms with Crippen LogP contribution in [0.3, 0.4) is 0 Å². The number of rotatable bonds is 2. The zero-order valence-corrected chi connectivity index (χ0v) is 14.0. The van der Waals surface area contributed by atoms with Crippen LogP contribution in [0.25, 0.3) is 0 Å². The second-order valence-electron chi connectivity index (χ2n) is 7.01. The minimum Gasteiger partial charge on any atom is -0.392 e. The van der Waals surface area contributed by atoms with E-state index in [2.05, 4.69) is 25.7 Å². The topological polar surface area (TPSA) is 37.3 Å². The molecule has 0 spiro atoms. The average Bonchev–Trinajstić information content (AvgIpc) is 2.52. The molecule has 2 heteroatoms. The molecule has 0 unspecified atom stereocenters. The molecule has 2 rings (SSSR count). The Morgan fingerprint density at radius 1 is 1.36 bits per heavy atom. The highest BCUT2D eigenvalue weighted by Crippen LogP contribution is 2.42. The second kappa shape index (κ2) is 7.23. The third-order valence-corrected chi connectivity index (χ3v) is 4.95. The van der Waals surface area contributed by atoms with Gasteiger partial charge in [-0.15, -0.1) is 0 Å². The van der Waals surface area contributed by atoms with E-state index in [9.17, 15) is 9.90 Å². The molecule has 0 aromatic rings. The van der Waals surface area contributed by atoms with Gasteiger partial charge in [0.05, 0.1) is 6.10 Å². The van der Waals surface area contributed by atoms with Gasteiger partial charge in [-0.25, -0.2) is 0 Å². The molecule has 0 bridgehead atoms. The van der Waals surface area contributed by atoms with Crippen LogP contribution in [-0.2, 0) is 4.79 Å². The molecular weight excluding hydrogens is 272 g/mol. The molecule has 2 aliphatic carbocycles. The van der Waals surface area contributed by atoms with E-state index in [1.807, 2.05) is 19.9 Å². The number of hydrogen-bond acceptors (Lipinski definition) is 2. The summed E-state index contributed by atoms with van der Waals surface area (Å²) in [4.78, 5) is 11.6. The maximum atomic E-state index is 11.6. The van der Waals surface area contributed by atoms with E-state index in [4.69, 9.17) is 0 Å². The highest BCUT2D eigenvalue weighted by molar-refractivity contribution is 5.75. The van der Waals surface area contributed by atoms with E-state index in [0.717, 1.165) is 48.7 Å². The number of carbonyl (C=O) groups is 1. The SMILES string of the molecule is C=C1CC/C=C(\C)CC[C@@H]2C(C=O)=C[C@@H](C=C(C)C)[C@H](O)[C@@H]12. The number of fused-ring (bicyclic) bond motifs is 1. The largest absolute Gasteiger partial charge is 0.392 e. The smallest absolute Gasteiger partial charge is 0.146 e. The van der Waals surface area contributed by atoms with Gasteiger partial charge in [0.2, 0.25) is 0 Å². The van der Waals surface area contributed by atoms with Gasteiger partial charge in [-0.05, 0) is 57.9 Å². The fourth-order valence-corrected chi connectivity index (χ4v) is 3.82. The Morgan fingerprint density at radius 3 is 2.73 bits per heavy atom. The summed E-state index contributed by atoms with van der Waals surface area (Å²) in [5.74, 6) is 0.00590. The lowest BCUT2D eigenvalue weighted by Crippen LogP contribution is -2.39. The van der Waals surface area contributed by atoms with Crippen LogP contribution in [0.5, 0.6) is 0 Å². The van der Waals surface area contributed by atoms with E-state index >= 15 is 0 Å². The summed E-state index contributed by atoms with van der Waals surface area (Å²) in [6.07, 6.45) is 10.6. The average molecular weight is 300 g/mol. The molecule has 2 aliphatic rings. The summed E-state index contributed by atoms with van der Waals surface area (Å²) < 4.78 is 0. The monoisotopic (exact) mass is 300 g/mol. The molecule has 4 atom stereocenters. The van der Waals surface area contributed by atoms with Crippen molar-refractivity contribution < 1.29 is 9.90 Å². The maximum Gasteiger partial charge on any atom is 0.146 e. The second-order valence-corrected chi connectivity index (χ2v) is 7.01. The predicted octanol–water partition coefficient (Wildman–Crippen LogP) is 4.38. The quantitative estimate of drug-likeness (QED) is 0.607. The van der Waals surface area contributed by atoms with Crippen molar-refractivity contribution in [1.82, 2.24) is 0 Å². The normalized spacial score (nSPS) is 35.0. The third-order valence-electron chi connectivity index (χ3n) is 4.95. The van der Waals surface area contributed by atoms with Crippen molar-refractivity contribution in [2.75, 3.05) is 0 Å². The van der Waals surface area contributed by atoms with Crippen molar-refractivity contribution in [2.24, 2.45) is 17.8 Å². The van der Waals surface area contributed by atoms with Crippen molar-refractivity contribution in [2.45, 2.75) is 52.6 Å². The van der Waals surface area contributed by atoms with Crippen molar-refractivity contribution in [3.8, 4) is 0 Å². The van der Waals surface area contributed by atoms with Crippen LogP contribution in [-0.4, -0.2) is 17.5 Å². The molecule has 0 aromatic heterocycles. The summed E-state index contributed by atoms with van der Waals surface area (Å²) in [6.45, 7) is 10.5. The molecule has 0 aliphatic heterocycles. The molecule has 0 saturated carbocycles. The lowest BCUT2D eigenvalue weighted by Gasteiger charge is -2.39. The Morgan fingerprint density at radius 2 is 2.09 bits per heavy atom. The zero-order valence-electron chi connectivity index (χ0n) is 14.0. The number of aldehydes is 1. The van der Waals surface area contributed by atoms with Crippen molar-refractivity contribution >= 4 is 6.29 Å². The molecule has 0 amide bonds. The van der Waals surface area contributed by atoms with Gasteiger partial charge in [0.15, 0.2) is 0 Å². The number of aliphatic hydroxyl groups is 1. The van der Waals surface area contributed by atoms with Gasteiger partial charge in [-0.2, -0.15) is 0 Å². The summed E-state index contributed by atoms with van der Waals surface area (Å²) in [5.41, 5.74) is 4.46. The van der Waals surface area contributed by atoms with Gasteiger partial charge in [0.25, 0.3) is 0 Å². The fraction of sp³-hybridized carbons (Fsp3) is 0.550. The number of allylic oxidation sites excluding steroid dienone is 4. The van der Waals surface area contributed by atoms with Gasteiger partial charge in [0, 0.05) is 11.8 Å². The van der Waals surface area contributed by atoms with Crippen LogP contribution >= 0.6 is 0 Å². The van der Waals surface area contributed by atoms with Crippen LogP contribution in [0, 0.1) is 17.8 Å². The highest BCUT2D eigenvalue weighted by Gasteiger charge is 2.39. The fourth-order valence-electron chi connectivity index (χ4n) is 3.82. The van der Waals surface area contributed by atoms with Crippen LogP contribution in [0.2, 0.25) is 0 Å². The Labute approximate surface area is 134 Å². The highest BCUT2D eigenvalue weighted by atomic mass is 16.3. The molecule has 1 N–H and O–H groups in total. The molecule has 0 saturated heterocycles. The first-order valence-electron chi connectivity index (χ1n) is 8.27. The number of aliphatic hydroxyl groups excluding tert-OH is 1. The summed E-state index contributed by atoms with van der Waals surface area (Å²) in [5, 5.41) is 10.9. The molecule has 0 radical (unpaired) electrons. The molecular formula is C20H28O2. The van der Waals surface area contributed by atoms with Crippen molar-refractivity contribution in [1.29, 1.82) is 0 Å². The van der Waals surface area contributed by atoms with Crippen LogP contribution in [0.4, 0.5) is 0 Å². The lowest BCUT2D eigenvalue weighted by atomic mass is 9.67. The van der Waals surface area contributed by atoms with Gasteiger partial charge < -0.3 is 5.11 Å². The Hall–Kier alpha value is -1.41. The molecule has 0 heterocycles. The van der Waals surface area contributed by atoms with E-state index in [0.29, 0.717) is 0 Å². The molecule has 22 heavy (non-hydrogen) atoms. The summed E-state index contributed by atoms with van der Waals surface area (Å²) >= 11 is 0. The lowest BCUT2D eigenvalue weighted by molar-refractivity contribution is -0.106. The molecule has 0 aromatic carbocycles. The predicted molar refractivity (Wildman–Crippen MR) is 91.4 cm³/mol. The summed E-state index contributed by atoms with van der Waals surface area (Å²) in [7, 11) is 0. The number of carbonyl (C=O) groups excluding carboxylic acids is 1. The maximum absolute atomic E-state index is 11.6. The Kier molecular flexibility index (Phi) is 5.57. The van der Waals surface area contributed by atoms with Gasteiger partial charge in [-0.1, -0.05) is 41.5 Å². The van der Waals surface area contributed by atoms with Crippen molar-refractivity contribution in [3.63, 3.8) is 0 Å². The Balaban J connectivity index is 2.41. The van der Waals surface area contributed by atoms with Crippen molar-refractivity contribution in [3.05, 3.63) is 47.1 Å². The van der Waals surface area contributed by atoms with Crippen LogP contribution in [0.15, 0.2) is 47.1 Å². The standard InChI is InChI=1S/C20H28O2/c1-13(2)10-16-11-17(12-21)18-9-8-14(3)6-5-7-15(4)19(18)20(16)22/h6,10-12,16,18-20,22H,4-5,7-9H2,1-3H3/b14-6+/t16-,18-,19+,20+/m1/s1. The number of hydrogen-bond donors (Lipinski definition) is 1. The Bertz CT molecular complexity index is 532. The van der Waals surface area contributed by atoms with E-state index in [1.54, 1.807) is 0 Å². The first-order valence-corrected chi connectivity index (χ1v) is 8.27. The zero-order chi connectivity index (χ0) is 16.3. The first kappa shape index (κ1) is 17.0. The van der Waals surface area contributed by atoms with Gasteiger partial charge in [-0.3, -0.25) is 4.79 Å². The van der Waals surface area contributed by atoms with E-state index in [-0.39, 0.29) is 17.8 Å². The summed E-state index contributed by atoms with van der Waals surface area (Å²) in [6, 6.07) is 0. The van der Waals surface area contributed by atoms with E-state index < -0.39 is 6.10 Å². The minimum absolute atomic E-state index is 0.00917. The van der Waals surface area contributed by atoms with Crippen LogP contribution in [0.1, 0.15) is 46.5 Å². The molecule has 120 valence electrons. The van der Waals surface area contributed by atoms with Crippen LogP contribution < -0.4 is 0 Å². The van der Waals surface area contributed by atoms with Gasteiger partial charge >= 0.3 is 0 Å². The third kappa shape index (κ3) is 3.67. The first-order chi connectivity index (χ1) is 10.4.